The zero-order chi connectivity index (χ0) is 21.2. The molecule has 0 unspecified atom stereocenters. The molecule has 6 heteroatoms. The predicted molar refractivity (Wildman–Crippen MR) is 115 cm³/mol. The minimum Gasteiger partial charge on any atom is -0.495 e. The number of carbonyl (C=O) groups is 1. The van der Waals surface area contributed by atoms with Crippen LogP contribution in [0.3, 0.4) is 0 Å². The van der Waals surface area contributed by atoms with Crippen molar-refractivity contribution in [3.63, 3.8) is 0 Å². The first-order valence-corrected chi connectivity index (χ1v) is 10.1. The highest BCUT2D eigenvalue weighted by molar-refractivity contribution is 5.91. The summed E-state index contributed by atoms with van der Waals surface area (Å²) >= 11 is 0. The first-order valence-electron chi connectivity index (χ1n) is 10.1. The van der Waals surface area contributed by atoms with Crippen molar-refractivity contribution in [1.29, 1.82) is 0 Å². The first kappa shape index (κ1) is 21.2. The molecule has 0 radical (unpaired) electrons. The second-order valence-electron chi connectivity index (χ2n) is 9.23. The first-order chi connectivity index (χ1) is 13.6. The van der Waals surface area contributed by atoms with E-state index in [2.05, 4.69) is 38.3 Å². The third-order valence-corrected chi connectivity index (χ3v) is 5.34. The number of rotatable bonds is 5. The summed E-state index contributed by atoms with van der Waals surface area (Å²) in [5, 5.41) is 6.73. The van der Waals surface area contributed by atoms with Crippen LogP contribution in [0.4, 0.5) is 10.5 Å². The number of hydrogen-bond acceptors (Lipinski definition) is 4. The van der Waals surface area contributed by atoms with E-state index in [1.807, 2.05) is 48.2 Å². The van der Waals surface area contributed by atoms with Crippen LogP contribution in [-0.4, -0.2) is 35.2 Å². The summed E-state index contributed by atoms with van der Waals surface area (Å²) in [6.07, 6.45) is 1.71. The van der Waals surface area contributed by atoms with E-state index in [0.29, 0.717) is 18.0 Å². The van der Waals surface area contributed by atoms with E-state index in [1.165, 1.54) is 0 Å². The molecule has 1 aliphatic heterocycles. The Kier molecular flexibility index (Phi) is 5.94. The lowest BCUT2D eigenvalue weighted by Gasteiger charge is -2.49. The van der Waals surface area contributed by atoms with E-state index in [1.54, 1.807) is 7.11 Å². The molecule has 1 aromatic heterocycles. The van der Waals surface area contributed by atoms with Gasteiger partial charge in [-0.2, -0.15) is 0 Å². The summed E-state index contributed by atoms with van der Waals surface area (Å²) in [6.45, 7) is 11.1. The van der Waals surface area contributed by atoms with Crippen LogP contribution in [-0.2, 0) is 6.54 Å². The topological polar surface area (TPSA) is 66.7 Å². The maximum atomic E-state index is 13.4. The molecule has 1 fully saturated rings. The zero-order valence-corrected chi connectivity index (χ0v) is 18.3. The molecule has 29 heavy (non-hydrogen) atoms. The summed E-state index contributed by atoms with van der Waals surface area (Å²) in [5.74, 6) is 2.27. The number of furan rings is 1. The highest BCUT2D eigenvalue weighted by Crippen LogP contribution is 2.33. The summed E-state index contributed by atoms with van der Waals surface area (Å²) in [4.78, 5) is 15.3. The quantitative estimate of drug-likeness (QED) is 0.747. The molecule has 0 bridgehead atoms. The molecule has 2 amide bonds. The van der Waals surface area contributed by atoms with Crippen LogP contribution in [0, 0.1) is 6.92 Å². The van der Waals surface area contributed by atoms with Crippen LogP contribution in [0.5, 0.6) is 5.75 Å². The molecule has 6 nitrogen and oxygen atoms in total. The average Bonchev–Trinajstić information content (AvgIpc) is 3.02. The Balaban J connectivity index is 1.89. The Hall–Kier alpha value is -2.47. The number of nitrogens with one attached hydrogen (secondary N) is 2. The molecule has 2 N–H and O–H groups in total. The molecule has 0 atom stereocenters. The van der Waals surface area contributed by atoms with Gasteiger partial charge in [0.1, 0.15) is 17.3 Å². The van der Waals surface area contributed by atoms with Gasteiger partial charge in [0.15, 0.2) is 0 Å². The Morgan fingerprint density at radius 3 is 2.41 bits per heavy atom. The number of ether oxygens (including phenoxy) is 1. The van der Waals surface area contributed by atoms with E-state index in [0.717, 1.165) is 24.4 Å². The Labute approximate surface area is 173 Å². The number of urea groups is 1. The minimum atomic E-state index is -0.151. The maximum Gasteiger partial charge on any atom is 0.322 e. The molecule has 158 valence electrons. The lowest BCUT2D eigenvalue weighted by Crippen LogP contribution is -2.63. The number of anilines is 1. The standard InChI is InChI=1S/C23H33N3O3/c1-16-11-12-18(29-16)15-26(17-13-22(2,3)25-23(4,5)14-17)21(27)24-19-9-7-8-10-20(19)28-6/h7-12,17,25H,13-15H2,1-6H3,(H,24,27). The summed E-state index contributed by atoms with van der Waals surface area (Å²) in [7, 11) is 1.60. The normalized spacial score (nSPS) is 18.3. The van der Waals surface area contributed by atoms with Crippen molar-refractivity contribution in [3.8, 4) is 5.75 Å². The van der Waals surface area contributed by atoms with Gasteiger partial charge in [-0.3, -0.25) is 0 Å². The Bertz CT molecular complexity index is 841. The molecule has 0 saturated carbocycles. The summed E-state index contributed by atoms with van der Waals surface area (Å²) in [6, 6.07) is 11.3. The number of amides is 2. The van der Waals surface area contributed by atoms with Crippen molar-refractivity contribution < 1.29 is 13.9 Å². The monoisotopic (exact) mass is 399 g/mol. The van der Waals surface area contributed by atoms with Gasteiger partial charge in [-0.1, -0.05) is 12.1 Å². The highest BCUT2D eigenvalue weighted by Gasteiger charge is 2.41. The third kappa shape index (κ3) is 5.32. The molecule has 0 aliphatic carbocycles. The van der Waals surface area contributed by atoms with Gasteiger partial charge in [0.05, 0.1) is 19.3 Å². The second-order valence-corrected chi connectivity index (χ2v) is 9.23. The van der Waals surface area contributed by atoms with Gasteiger partial charge in [-0.15, -0.1) is 0 Å². The SMILES string of the molecule is COc1ccccc1NC(=O)N(Cc1ccc(C)o1)C1CC(C)(C)NC(C)(C)C1. The van der Waals surface area contributed by atoms with Gasteiger partial charge in [0.2, 0.25) is 0 Å². The lowest BCUT2D eigenvalue weighted by molar-refractivity contribution is 0.0801. The molecule has 3 rings (SSSR count). The minimum absolute atomic E-state index is 0.0707. The molecule has 1 saturated heterocycles. The Morgan fingerprint density at radius 1 is 1.17 bits per heavy atom. The predicted octanol–water partition coefficient (Wildman–Crippen LogP) is 4.94. The van der Waals surface area contributed by atoms with E-state index >= 15 is 0 Å². The van der Waals surface area contributed by atoms with Crippen molar-refractivity contribution >= 4 is 11.7 Å². The van der Waals surface area contributed by atoms with Crippen LogP contribution in [0.2, 0.25) is 0 Å². The zero-order valence-electron chi connectivity index (χ0n) is 18.3. The summed E-state index contributed by atoms with van der Waals surface area (Å²) < 4.78 is 11.2. The largest absolute Gasteiger partial charge is 0.495 e. The maximum absolute atomic E-state index is 13.4. The fraction of sp³-hybridized carbons (Fsp3) is 0.522. The fourth-order valence-electron chi connectivity index (χ4n) is 4.53. The number of para-hydroxylation sites is 2. The molecule has 2 heterocycles. The second kappa shape index (κ2) is 8.11. The number of aryl methyl sites for hydroxylation is 1. The van der Waals surface area contributed by atoms with Crippen molar-refractivity contribution in [2.24, 2.45) is 0 Å². The van der Waals surface area contributed by atoms with Crippen molar-refractivity contribution in [2.75, 3.05) is 12.4 Å². The molecule has 2 aromatic rings. The van der Waals surface area contributed by atoms with Gasteiger partial charge < -0.3 is 24.7 Å². The molecular formula is C23H33N3O3. The van der Waals surface area contributed by atoms with E-state index in [-0.39, 0.29) is 23.2 Å². The molecule has 0 spiro atoms. The average molecular weight is 400 g/mol. The van der Waals surface area contributed by atoms with Gasteiger partial charge in [-0.05, 0) is 71.7 Å². The number of benzene rings is 1. The van der Waals surface area contributed by atoms with Crippen molar-refractivity contribution in [2.45, 2.75) is 71.1 Å². The van der Waals surface area contributed by atoms with E-state index in [9.17, 15) is 4.79 Å². The highest BCUT2D eigenvalue weighted by atomic mass is 16.5. The smallest absolute Gasteiger partial charge is 0.322 e. The van der Waals surface area contributed by atoms with Crippen LogP contribution in [0.1, 0.15) is 52.1 Å². The Morgan fingerprint density at radius 2 is 1.83 bits per heavy atom. The van der Waals surface area contributed by atoms with Crippen molar-refractivity contribution in [3.05, 3.63) is 47.9 Å². The fourth-order valence-corrected chi connectivity index (χ4v) is 4.53. The van der Waals surface area contributed by atoms with Gasteiger partial charge >= 0.3 is 6.03 Å². The molecule has 1 aromatic carbocycles. The van der Waals surface area contributed by atoms with E-state index < -0.39 is 0 Å². The number of carbonyl (C=O) groups excluding carboxylic acids is 1. The molecule has 1 aliphatic rings. The van der Waals surface area contributed by atoms with Crippen LogP contribution < -0.4 is 15.4 Å². The van der Waals surface area contributed by atoms with Crippen LogP contribution >= 0.6 is 0 Å². The molecular weight excluding hydrogens is 366 g/mol. The number of methoxy groups -OCH3 is 1. The third-order valence-electron chi connectivity index (χ3n) is 5.34. The van der Waals surface area contributed by atoms with Crippen LogP contribution in [0.15, 0.2) is 40.8 Å². The van der Waals surface area contributed by atoms with Gasteiger partial charge in [0, 0.05) is 17.1 Å². The number of hydrogen-bond donors (Lipinski definition) is 2. The number of nitrogens with zero attached hydrogens (tertiary/aromatic N) is 1. The van der Waals surface area contributed by atoms with Gasteiger partial charge in [0.25, 0.3) is 0 Å². The lowest BCUT2D eigenvalue weighted by atomic mass is 9.79. The van der Waals surface area contributed by atoms with E-state index in [4.69, 9.17) is 9.15 Å². The number of piperidine rings is 1. The van der Waals surface area contributed by atoms with Crippen molar-refractivity contribution in [1.82, 2.24) is 10.2 Å². The summed E-state index contributed by atoms with van der Waals surface area (Å²) in [5.41, 5.74) is 0.510. The van der Waals surface area contributed by atoms with Gasteiger partial charge in [-0.25, -0.2) is 4.79 Å². The van der Waals surface area contributed by atoms with Crippen LogP contribution in [0.25, 0.3) is 0 Å².